The van der Waals surface area contributed by atoms with Gasteiger partial charge >= 0.3 is 5.97 Å². The molecule has 0 heterocycles. The van der Waals surface area contributed by atoms with E-state index in [0.717, 1.165) is 5.56 Å². The Hall–Kier alpha value is -5.14. The van der Waals surface area contributed by atoms with Gasteiger partial charge in [0.2, 0.25) is 29.5 Å². The fourth-order valence-corrected chi connectivity index (χ4v) is 4.51. The lowest BCUT2D eigenvalue weighted by Gasteiger charge is -2.25. The van der Waals surface area contributed by atoms with Crippen LogP contribution in [0.3, 0.4) is 0 Å². The lowest BCUT2D eigenvalue weighted by atomic mass is 10.0. The molecule has 0 radical (unpaired) electrons. The van der Waals surface area contributed by atoms with Crippen molar-refractivity contribution < 1.29 is 43.8 Å². The summed E-state index contributed by atoms with van der Waals surface area (Å²) in [6.07, 6.45) is 1.33. The van der Waals surface area contributed by atoms with Crippen LogP contribution in [0.5, 0.6) is 0 Å². The minimum absolute atomic E-state index is 0.0413. The van der Waals surface area contributed by atoms with Crippen molar-refractivity contribution in [1.82, 2.24) is 26.6 Å². The third-order valence-corrected chi connectivity index (χ3v) is 7.21. The number of amides is 5. The van der Waals surface area contributed by atoms with Crippen LogP contribution >= 0.6 is 0 Å². The van der Waals surface area contributed by atoms with E-state index in [1.165, 1.54) is 0 Å². The third-order valence-electron chi connectivity index (χ3n) is 7.21. The first-order valence-electron chi connectivity index (χ1n) is 16.1. The summed E-state index contributed by atoms with van der Waals surface area (Å²) >= 11 is 0. The van der Waals surface area contributed by atoms with Gasteiger partial charge in [0, 0.05) is 13.0 Å². The van der Waals surface area contributed by atoms with Crippen molar-refractivity contribution in [2.75, 3.05) is 26.2 Å². The van der Waals surface area contributed by atoms with Crippen molar-refractivity contribution in [2.45, 2.75) is 81.6 Å². The highest BCUT2D eigenvalue weighted by Gasteiger charge is 2.30. The third kappa shape index (κ3) is 17.9. The molecule has 0 unspecified atom stereocenters. The monoisotopic (exact) mass is 706 g/mol. The Morgan fingerprint density at radius 2 is 1.40 bits per heavy atom. The molecule has 0 spiro atoms. The van der Waals surface area contributed by atoms with Crippen LogP contribution in [0.25, 0.3) is 0 Å². The number of carboxylic acids is 1. The quantitative estimate of drug-likeness (QED) is 0.0199. The number of carboxylic acid groups (broad SMARTS) is 1. The van der Waals surface area contributed by atoms with Gasteiger partial charge in [0.25, 0.3) is 0 Å². The second-order valence-electron chi connectivity index (χ2n) is 11.4. The van der Waals surface area contributed by atoms with Gasteiger partial charge in [-0.15, -0.1) is 0 Å². The van der Waals surface area contributed by atoms with Crippen LogP contribution in [-0.2, 0) is 40.0 Å². The number of aldehydes is 1. The van der Waals surface area contributed by atoms with E-state index in [1.54, 1.807) is 24.3 Å². The zero-order valence-corrected chi connectivity index (χ0v) is 27.8. The Kier molecular flexibility index (Phi) is 20.6. The summed E-state index contributed by atoms with van der Waals surface area (Å²) in [5.41, 5.74) is 23.2. The number of nitrogens with zero attached hydrogens (tertiary/aromatic N) is 1. The van der Waals surface area contributed by atoms with Gasteiger partial charge in [-0.3, -0.25) is 33.8 Å². The Labute approximate surface area is 289 Å². The molecule has 19 heteroatoms. The highest BCUT2D eigenvalue weighted by molar-refractivity contribution is 5.95. The van der Waals surface area contributed by atoms with E-state index >= 15 is 0 Å². The summed E-state index contributed by atoms with van der Waals surface area (Å²) in [7, 11) is 0. The van der Waals surface area contributed by atoms with Gasteiger partial charge in [-0.1, -0.05) is 30.3 Å². The molecule has 1 rings (SSSR count). The number of hydrogen-bond acceptors (Lipinski definition) is 11. The predicted octanol–water partition coefficient (Wildman–Crippen LogP) is -4.15. The van der Waals surface area contributed by atoms with Gasteiger partial charge in [-0.2, -0.15) is 0 Å². The number of aliphatic hydroxyl groups is 1. The number of rotatable bonds is 25. The molecule has 15 N–H and O–H groups in total. The number of guanidine groups is 1. The molecule has 0 aliphatic rings. The molecule has 5 atom stereocenters. The van der Waals surface area contributed by atoms with E-state index in [0.29, 0.717) is 25.7 Å². The highest BCUT2D eigenvalue weighted by Crippen LogP contribution is 2.06. The zero-order valence-electron chi connectivity index (χ0n) is 27.8. The molecule has 0 aliphatic heterocycles. The van der Waals surface area contributed by atoms with E-state index in [-0.39, 0.29) is 51.0 Å². The van der Waals surface area contributed by atoms with E-state index in [2.05, 4.69) is 31.6 Å². The van der Waals surface area contributed by atoms with Crippen molar-refractivity contribution in [3.63, 3.8) is 0 Å². The maximum atomic E-state index is 13.3. The lowest BCUT2D eigenvalue weighted by molar-refractivity contribution is -0.137. The number of hydrogen-bond donors (Lipinski definition) is 11. The molecule has 0 aliphatic carbocycles. The van der Waals surface area contributed by atoms with Crippen LogP contribution in [0.15, 0.2) is 35.3 Å². The zero-order chi connectivity index (χ0) is 37.5. The summed E-state index contributed by atoms with van der Waals surface area (Å²) in [4.78, 5) is 90.5. The number of benzene rings is 1. The minimum Gasteiger partial charge on any atom is -0.481 e. The maximum absolute atomic E-state index is 13.3. The lowest BCUT2D eigenvalue weighted by Crippen LogP contribution is -2.59. The van der Waals surface area contributed by atoms with Crippen LogP contribution in [0.1, 0.15) is 50.5 Å². The van der Waals surface area contributed by atoms with Crippen LogP contribution in [0.2, 0.25) is 0 Å². The SMILES string of the molecule is NCCCC[C@H](NC(=O)[C@H](CO)NC(=O)[C@H](CCCN=C(N)N)NC(=O)[C@@H](N)Cc1ccccc1)C(=O)NCC(=O)N[C@H](C=O)CCC(=O)O. The van der Waals surface area contributed by atoms with E-state index in [4.69, 9.17) is 28.0 Å². The summed E-state index contributed by atoms with van der Waals surface area (Å²) < 4.78 is 0. The predicted molar refractivity (Wildman–Crippen MR) is 182 cm³/mol. The fraction of sp³-hybridized carbons (Fsp3) is 0.548. The number of aliphatic carboxylic acids is 1. The molecule has 1 aromatic carbocycles. The van der Waals surface area contributed by atoms with Gasteiger partial charge in [0.1, 0.15) is 24.4 Å². The van der Waals surface area contributed by atoms with Crippen molar-refractivity contribution in [2.24, 2.45) is 27.9 Å². The van der Waals surface area contributed by atoms with Crippen LogP contribution in [0, 0.1) is 0 Å². The van der Waals surface area contributed by atoms with Crippen molar-refractivity contribution in [3.05, 3.63) is 35.9 Å². The molecule has 0 fully saturated rings. The Balaban J connectivity index is 2.96. The van der Waals surface area contributed by atoms with E-state index in [9.17, 15) is 38.7 Å². The number of carbonyl (C=O) groups excluding carboxylic acids is 6. The van der Waals surface area contributed by atoms with Crippen molar-refractivity contribution in [3.8, 4) is 0 Å². The molecule has 278 valence electrons. The van der Waals surface area contributed by atoms with Gasteiger partial charge in [0.05, 0.1) is 25.2 Å². The van der Waals surface area contributed by atoms with Crippen LogP contribution in [-0.4, -0.2) is 114 Å². The molecule has 19 nitrogen and oxygen atoms in total. The van der Waals surface area contributed by atoms with Crippen LogP contribution in [0.4, 0.5) is 0 Å². The number of nitrogens with two attached hydrogens (primary N) is 4. The fourth-order valence-electron chi connectivity index (χ4n) is 4.51. The smallest absolute Gasteiger partial charge is 0.303 e. The number of carbonyl (C=O) groups is 7. The minimum atomic E-state index is -1.55. The summed E-state index contributed by atoms with van der Waals surface area (Å²) in [6.45, 7) is -1.03. The highest BCUT2D eigenvalue weighted by atomic mass is 16.4. The largest absolute Gasteiger partial charge is 0.481 e. The van der Waals surface area contributed by atoms with Crippen molar-refractivity contribution in [1.29, 1.82) is 0 Å². The van der Waals surface area contributed by atoms with Crippen LogP contribution < -0.4 is 49.5 Å². The van der Waals surface area contributed by atoms with Gasteiger partial charge in [0.15, 0.2) is 5.96 Å². The molecule has 0 bridgehead atoms. The second-order valence-corrected chi connectivity index (χ2v) is 11.4. The number of nitrogens with one attached hydrogen (secondary N) is 5. The summed E-state index contributed by atoms with van der Waals surface area (Å²) in [5, 5.41) is 30.9. The van der Waals surface area contributed by atoms with E-state index in [1.807, 2.05) is 6.07 Å². The average molecular weight is 707 g/mol. The average Bonchev–Trinajstić information content (AvgIpc) is 3.08. The van der Waals surface area contributed by atoms with Gasteiger partial charge < -0.3 is 64.5 Å². The molecule has 0 saturated heterocycles. The normalized spacial score (nSPS) is 13.7. The molecular formula is C31H50N10O9. The first kappa shape index (κ1) is 42.9. The number of aliphatic hydroxyl groups excluding tert-OH is 1. The molecular weight excluding hydrogens is 656 g/mol. The summed E-state index contributed by atoms with van der Waals surface area (Å²) in [5.74, 6) is -5.26. The molecule has 5 amide bonds. The molecule has 0 aromatic heterocycles. The molecule has 1 aromatic rings. The molecule has 0 saturated carbocycles. The Morgan fingerprint density at radius 1 is 0.800 bits per heavy atom. The number of aliphatic imine (C=N–C) groups is 1. The van der Waals surface area contributed by atoms with E-state index < -0.39 is 78.9 Å². The number of unbranched alkanes of at least 4 members (excludes halogenated alkanes) is 1. The Bertz CT molecular complexity index is 1290. The molecule has 50 heavy (non-hydrogen) atoms. The van der Waals surface area contributed by atoms with Gasteiger partial charge in [-0.25, -0.2) is 0 Å². The van der Waals surface area contributed by atoms with Crippen molar-refractivity contribution >= 4 is 47.8 Å². The topological polar surface area (TPSA) is 337 Å². The standard InChI is InChI=1S/C31H50N10O9/c32-13-5-4-9-22(28(48)37-16-25(44)38-20(17-42)11-12-26(45)46)40-30(50)24(18-43)41-29(49)23(10-6-14-36-31(34)35)39-27(47)21(33)15-19-7-2-1-3-8-19/h1-3,7-8,17,20-24,43H,4-6,9-16,18,32-33H2,(H,37,48)(H,38,44)(H,39,47)(H,40,50)(H,41,49)(H,45,46)(H4,34,35,36)/t20-,21-,22-,23-,24-/m0/s1. The Morgan fingerprint density at radius 3 is 2.00 bits per heavy atom. The maximum Gasteiger partial charge on any atom is 0.303 e. The van der Waals surface area contributed by atoms with Gasteiger partial charge in [-0.05, 0) is 57.1 Å². The summed E-state index contributed by atoms with van der Waals surface area (Å²) in [6, 6.07) is 2.94. The first-order chi connectivity index (χ1) is 23.8. The first-order valence-corrected chi connectivity index (χ1v) is 16.1. The second kappa shape index (κ2) is 24.1.